The van der Waals surface area contributed by atoms with Gasteiger partial charge in [-0.25, -0.2) is 0 Å². The van der Waals surface area contributed by atoms with E-state index in [2.05, 4.69) is 63.2 Å². The van der Waals surface area contributed by atoms with Crippen molar-refractivity contribution in [2.75, 3.05) is 5.75 Å². The van der Waals surface area contributed by atoms with Gasteiger partial charge in [-0.15, -0.1) is 11.8 Å². The van der Waals surface area contributed by atoms with Gasteiger partial charge in [-0.3, -0.25) is 0 Å². The first-order valence-corrected chi connectivity index (χ1v) is 7.40. The lowest BCUT2D eigenvalue weighted by Gasteiger charge is -2.11. The normalized spacial score (nSPS) is 10.6. The molecule has 0 N–H and O–H groups in total. The van der Waals surface area contributed by atoms with E-state index in [1.807, 2.05) is 11.8 Å². The second-order valence-electron chi connectivity index (χ2n) is 4.79. The average molecular weight is 256 g/mol. The van der Waals surface area contributed by atoms with Gasteiger partial charge in [0, 0.05) is 10.6 Å². The molecule has 1 heteroatoms. The molecule has 0 bridgehead atoms. The highest BCUT2D eigenvalue weighted by atomic mass is 32.2. The minimum atomic E-state index is 1.15. The van der Waals surface area contributed by atoms with Crippen molar-refractivity contribution in [2.24, 2.45) is 0 Å². The summed E-state index contributed by atoms with van der Waals surface area (Å²) in [7, 11) is 0. The number of hydrogen-bond acceptors (Lipinski definition) is 1. The van der Waals surface area contributed by atoms with E-state index in [4.69, 9.17) is 0 Å². The van der Waals surface area contributed by atoms with Crippen LogP contribution in [0.1, 0.15) is 22.3 Å². The standard InChI is InChI=1S/C17H20S/c1-13-11-14(2)17(15(3)12-13)9-10-18-16-7-5-4-6-8-16/h4-8,11-12H,9-10H2,1-3H3. The van der Waals surface area contributed by atoms with Crippen LogP contribution in [-0.2, 0) is 6.42 Å². The molecular formula is C17H20S. The molecule has 0 spiro atoms. The fraction of sp³-hybridized carbons (Fsp3) is 0.294. The van der Waals surface area contributed by atoms with Gasteiger partial charge in [0.15, 0.2) is 0 Å². The fourth-order valence-corrected chi connectivity index (χ4v) is 3.28. The van der Waals surface area contributed by atoms with Gasteiger partial charge in [-0.2, -0.15) is 0 Å². The first-order valence-electron chi connectivity index (χ1n) is 6.41. The summed E-state index contributed by atoms with van der Waals surface area (Å²) < 4.78 is 0. The summed E-state index contributed by atoms with van der Waals surface area (Å²) in [6, 6.07) is 15.2. The molecule has 0 aromatic heterocycles. The number of rotatable bonds is 4. The highest BCUT2D eigenvalue weighted by molar-refractivity contribution is 7.99. The molecule has 94 valence electrons. The van der Waals surface area contributed by atoms with E-state index < -0.39 is 0 Å². The third-order valence-corrected chi connectivity index (χ3v) is 4.22. The number of benzene rings is 2. The van der Waals surface area contributed by atoms with Gasteiger partial charge in [0.2, 0.25) is 0 Å². The maximum absolute atomic E-state index is 2.29. The van der Waals surface area contributed by atoms with Crippen LogP contribution in [-0.4, -0.2) is 5.75 Å². The summed E-state index contributed by atoms with van der Waals surface area (Å²) in [6.07, 6.45) is 1.15. The van der Waals surface area contributed by atoms with Crippen molar-refractivity contribution in [1.82, 2.24) is 0 Å². The van der Waals surface area contributed by atoms with Crippen LogP contribution in [0.3, 0.4) is 0 Å². The molecule has 0 aliphatic carbocycles. The van der Waals surface area contributed by atoms with Gasteiger partial charge < -0.3 is 0 Å². The lowest BCUT2D eigenvalue weighted by molar-refractivity contribution is 1.08. The van der Waals surface area contributed by atoms with Crippen molar-refractivity contribution in [3.8, 4) is 0 Å². The van der Waals surface area contributed by atoms with Crippen molar-refractivity contribution < 1.29 is 0 Å². The molecule has 0 saturated carbocycles. The van der Waals surface area contributed by atoms with Crippen molar-refractivity contribution in [3.05, 3.63) is 64.7 Å². The molecule has 2 rings (SSSR count). The summed E-state index contributed by atoms with van der Waals surface area (Å²) in [5, 5.41) is 0. The zero-order chi connectivity index (χ0) is 13.0. The van der Waals surface area contributed by atoms with E-state index in [0.29, 0.717) is 0 Å². The summed E-state index contributed by atoms with van der Waals surface area (Å²) in [6.45, 7) is 6.62. The van der Waals surface area contributed by atoms with Crippen molar-refractivity contribution in [2.45, 2.75) is 32.1 Å². The third-order valence-electron chi connectivity index (χ3n) is 3.20. The summed E-state index contributed by atoms with van der Waals surface area (Å²) in [5.41, 5.74) is 5.75. The van der Waals surface area contributed by atoms with Crippen LogP contribution in [0.15, 0.2) is 47.4 Å². The van der Waals surface area contributed by atoms with E-state index in [1.165, 1.54) is 27.1 Å². The van der Waals surface area contributed by atoms with Crippen LogP contribution >= 0.6 is 11.8 Å². The zero-order valence-electron chi connectivity index (χ0n) is 11.4. The van der Waals surface area contributed by atoms with E-state index in [-0.39, 0.29) is 0 Å². The van der Waals surface area contributed by atoms with Crippen LogP contribution < -0.4 is 0 Å². The fourth-order valence-electron chi connectivity index (χ4n) is 2.39. The smallest absolute Gasteiger partial charge is 0.00720 e. The molecule has 0 aliphatic heterocycles. The Morgan fingerprint density at radius 2 is 1.50 bits per heavy atom. The number of thioether (sulfide) groups is 1. The largest absolute Gasteiger partial charge is 0.126 e. The Bertz CT molecular complexity index is 491. The minimum absolute atomic E-state index is 1.15. The predicted molar refractivity (Wildman–Crippen MR) is 81.5 cm³/mol. The van der Waals surface area contributed by atoms with Gasteiger partial charge in [0.05, 0.1) is 0 Å². The Morgan fingerprint density at radius 1 is 0.889 bits per heavy atom. The van der Waals surface area contributed by atoms with Crippen LogP contribution in [0.4, 0.5) is 0 Å². The molecule has 0 fully saturated rings. The monoisotopic (exact) mass is 256 g/mol. The van der Waals surface area contributed by atoms with Gasteiger partial charge >= 0.3 is 0 Å². The van der Waals surface area contributed by atoms with Gasteiger partial charge in [0.1, 0.15) is 0 Å². The summed E-state index contributed by atoms with van der Waals surface area (Å²) in [4.78, 5) is 1.36. The Labute approximate surface area is 114 Å². The molecule has 0 atom stereocenters. The molecule has 2 aromatic rings. The average Bonchev–Trinajstić information content (AvgIpc) is 2.34. The van der Waals surface area contributed by atoms with Crippen LogP contribution in [0, 0.1) is 20.8 Å². The Kier molecular flexibility index (Phi) is 4.48. The quantitative estimate of drug-likeness (QED) is 0.698. The topological polar surface area (TPSA) is 0 Å². The molecule has 0 radical (unpaired) electrons. The molecule has 0 aliphatic rings. The second-order valence-corrected chi connectivity index (χ2v) is 5.96. The molecule has 2 aromatic carbocycles. The minimum Gasteiger partial charge on any atom is -0.126 e. The third kappa shape index (κ3) is 3.39. The lowest BCUT2D eigenvalue weighted by atomic mass is 9.98. The Morgan fingerprint density at radius 3 is 2.11 bits per heavy atom. The van der Waals surface area contributed by atoms with E-state index >= 15 is 0 Å². The molecule has 18 heavy (non-hydrogen) atoms. The number of hydrogen-bond donors (Lipinski definition) is 0. The van der Waals surface area contributed by atoms with E-state index in [0.717, 1.165) is 12.2 Å². The van der Waals surface area contributed by atoms with Crippen LogP contribution in [0.5, 0.6) is 0 Å². The van der Waals surface area contributed by atoms with Gasteiger partial charge in [-0.05, 0) is 56.0 Å². The molecule has 0 heterocycles. The second kappa shape index (κ2) is 6.10. The molecule has 0 nitrogen and oxygen atoms in total. The van der Waals surface area contributed by atoms with Crippen LogP contribution in [0.25, 0.3) is 0 Å². The van der Waals surface area contributed by atoms with Crippen molar-refractivity contribution in [1.29, 1.82) is 0 Å². The molecular weight excluding hydrogens is 236 g/mol. The maximum Gasteiger partial charge on any atom is 0.00720 e. The zero-order valence-corrected chi connectivity index (χ0v) is 12.2. The Hall–Kier alpha value is -1.21. The van der Waals surface area contributed by atoms with E-state index in [1.54, 1.807) is 0 Å². The highest BCUT2D eigenvalue weighted by Crippen LogP contribution is 2.22. The summed E-state index contributed by atoms with van der Waals surface area (Å²) in [5.74, 6) is 1.15. The highest BCUT2D eigenvalue weighted by Gasteiger charge is 2.04. The molecule has 0 saturated heterocycles. The van der Waals surface area contributed by atoms with Gasteiger partial charge in [-0.1, -0.05) is 35.9 Å². The molecule has 0 amide bonds. The lowest BCUT2D eigenvalue weighted by Crippen LogP contribution is -1.97. The molecule has 0 unspecified atom stereocenters. The first kappa shape index (κ1) is 13.2. The van der Waals surface area contributed by atoms with Crippen molar-refractivity contribution >= 4 is 11.8 Å². The number of aryl methyl sites for hydroxylation is 3. The summed E-state index contributed by atoms with van der Waals surface area (Å²) >= 11 is 1.94. The SMILES string of the molecule is Cc1cc(C)c(CCSc2ccccc2)c(C)c1. The van der Waals surface area contributed by atoms with E-state index in [9.17, 15) is 0 Å². The van der Waals surface area contributed by atoms with Crippen molar-refractivity contribution in [3.63, 3.8) is 0 Å². The van der Waals surface area contributed by atoms with Crippen LogP contribution in [0.2, 0.25) is 0 Å². The predicted octanol–water partition coefficient (Wildman–Crippen LogP) is 4.95. The first-order chi connectivity index (χ1) is 8.66. The van der Waals surface area contributed by atoms with Gasteiger partial charge in [0.25, 0.3) is 0 Å². The Balaban J connectivity index is 1.99. The maximum atomic E-state index is 2.29.